The fourth-order valence-electron chi connectivity index (χ4n) is 1.90. The molecule has 0 atom stereocenters. The van der Waals surface area contributed by atoms with Crippen LogP contribution in [0.2, 0.25) is 0 Å². The zero-order chi connectivity index (χ0) is 14.4. The van der Waals surface area contributed by atoms with E-state index in [0.29, 0.717) is 24.5 Å². The summed E-state index contributed by atoms with van der Waals surface area (Å²) in [6.45, 7) is 0.967. The second-order valence-electron chi connectivity index (χ2n) is 4.67. The van der Waals surface area contributed by atoms with Gasteiger partial charge in [0.05, 0.1) is 17.9 Å². The molecular weight excluding hydrogens is 252 g/mol. The van der Waals surface area contributed by atoms with Gasteiger partial charge in [-0.2, -0.15) is 0 Å². The van der Waals surface area contributed by atoms with E-state index in [9.17, 15) is 4.79 Å². The molecular formula is C15H18N4O. The van der Waals surface area contributed by atoms with Crippen LogP contribution in [0, 0.1) is 0 Å². The molecule has 20 heavy (non-hydrogen) atoms. The van der Waals surface area contributed by atoms with Gasteiger partial charge in [-0.25, -0.2) is 0 Å². The van der Waals surface area contributed by atoms with E-state index >= 15 is 0 Å². The van der Waals surface area contributed by atoms with Gasteiger partial charge in [-0.1, -0.05) is 18.2 Å². The second-order valence-corrected chi connectivity index (χ2v) is 4.67. The maximum Gasteiger partial charge on any atom is 0.238 e. The smallest absolute Gasteiger partial charge is 0.238 e. The Balaban J connectivity index is 1.87. The molecule has 1 amide bonds. The van der Waals surface area contributed by atoms with E-state index in [1.807, 2.05) is 36.2 Å². The minimum Gasteiger partial charge on any atom is -0.397 e. The summed E-state index contributed by atoms with van der Waals surface area (Å²) in [5.41, 5.74) is 8.07. The predicted molar refractivity (Wildman–Crippen MR) is 80.1 cm³/mol. The van der Waals surface area contributed by atoms with Crippen LogP contribution in [0.5, 0.6) is 0 Å². The molecule has 0 saturated heterocycles. The minimum atomic E-state index is -0.0886. The number of hydrogen-bond acceptors (Lipinski definition) is 4. The van der Waals surface area contributed by atoms with Crippen molar-refractivity contribution in [3.63, 3.8) is 0 Å². The van der Waals surface area contributed by atoms with Crippen LogP contribution in [0.4, 0.5) is 11.4 Å². The van der Waals surface area contributed by atoms with Crippen LogP contribution < -0.4 is 11.1 Å². The Kier molecular flexibility index (Phi) is 4.68. The van der Waals surface area contributed by atoms with Crippen molar-refractivity contribution in [2.24, 2.45) is 0 Å². The highest BCUT2D eigenvalue weighted by Crippen LogP contribution is 2.16. The van der Waals surface area contributed by atoms with Crippen molar-refractivity contribution in [2.45, 2.75) is 6.54 Å². The van der Waals surface area contributed by atoms with Crippen LogP contribution in [0.3, 0.4) is 0 Å². The molecule has 0 bridgehead atoms. The molecule has 5 heteroatoms. The van der Waals surface area contributed by atoms with Gasteiger partial charge in [0.25, 0.3) is 0 Å². The zero-order valence-corrected chi connectivity index (χ0v) is 11.4. The van der Waals surface area contributed by atoms with E-state index in [2.05, 4.69) is 10.3 Å². The molecule has 1 heterocycles. The summed E-state index contributed by atoms with van der Waals surface area (Å²) in [5.74, 6) is -0.0886. The lowest BCUT2D eigenvalue weighted by Crippen LogP contribution is -2.30. The molecule has 3 N–H and O–H groups in total. The molecule has 0 spiro atoms. The summed E-state index contributed by atoms with van der Waals surface area (Å²) in [6, 6.07) is 11.1. The first kappa shape index (κ1) is 14.0. The van der Waals surface area contributed by atoms with Crippen LogP contribution in [0.25, 0.3) is 0 Å². The first-order valence-corrected chi connectivity index (χ1v) is 6.37. The molecule has 0 fully saturated rings. The molecule has 1 aromatic carbocycles. The number of benzene rings is 1. The number of amides is 1. The molecule has 0 aliphatic heterocycles. The summed E-state index contributed by atoms with van der Waals surface area (Å²) in [7, 11) is 1.89. The molecule has 2 aromatic rings. The van der Waals surface area contributed by atoms with Gasteiger partial charge in [-0.3, -0.25) is 14.7 Å². The van der Waals surface area contributed by atoms with Crippen molar-refractivity contribution in [3.8, 4) is 0 Å². The van der Waals surface area contributed by atoms with E-state index in [1.165, 1.54) is 0 Å². The number of nitrogens with one attached hydrogen (secondary N) is 1. The molecule has 2 rings (SSSR count). The normalized spacial score (nSPS) is 10.5. The highest BCUT2D eigenvalue weighted by atomic mass is 16.2. The highest BCUT2D eigenvalue weighted by molar-refractivity contribution is 5.95. The van der Waals surface area contributed by atoms with Crippen molar-refractivity contribution >= 4 is 17.3 Å². The number of para-hydroxylation sites is 2. The number of anilines is 2. The number of carbonyl (C=O) groups excluding carboxylic acids is 1. The van der Waals surface area contributed by atoms with Crippen LogP contribution in [0.15, 0.2) is 48.8 Å². The molecule has 0 radical (unpaired) electrons. The number of carbonyl (C=O) groups is 1. The van der Waals surface area contributed by atoms with Crippen molar-refractivity contribution in [1.82, 2.24) is 9.88 Å². The monoisotopic (exact) mass is 270 g/mol. The van der Waals surface area contributed by atoms with Gasteiger partial charge in [0.15, 0.2) is 0 Å². The molecule has 104 valence electrons. The third-order valence-corrected chi connectivity index (χ3v) is 2.82. The van der Waals surface area contributed by atoms with Crippen LogP contribution >= 0.6 is 0 Å². The van der Waals surface area contributed by atoms with Gasteiger partial charge in [0.1, 0.15) is 0 Å². The topological polar surface area (TPSA) is 71.2 Å². The highest BCUT2D eigenvalue weighted by Gasteiger charge is 2.08. The minimum absolute atomic E-state index is 0.0886. The lowest BCUT2D eigenvalue weighted by atomic mass is 10.2. The quantitative estimate of drug-likeness (QED) is 0.812. The predicted octanol–water partition coefficient (Wildman–Crippen LogP) is 1.73. The number of likely N-dealkylation sites (N-methyl/N-ethyl adjacent to an activating group) is 1. The first-order chi connectivity index (χ1) is 9.65. The summed E-state index contributed by atoms with van der Waals surface area (Å²) in [4.78, 5) is 17.9. The Hall–Kier alpha value is -2.40. The SMILES string of the molecule is CN(CC(=O)Nc1ccccc1N)Cc1cccnc1. The number of nitrogens with zero attached hydrogens (tertiary/aromatic N) is 2. The third kappa shape index (κ3) is 4.07. The first-order valence-electron chi connectivity index (χ1n) is 6.37. The molecule has 0 aliphatic rings. The Morgan fingerprint density at radius 1 is 1.30 bits per heavy atom. The zero-order valence-electron chi connectivity index (χ0n) is 11.4. The van der Waals surface area contributed by atoms with Gasteiger partial charge in [-0.15, -0.1) is 0 Å². The maximum atomic E-state index is 11.9. The number of aromatic nitrogens is 1. The Morgan fingerprint density at radius 3 is 2.80 bits per heavy atom. The van der Waals surface area contributed by atoms with E-state index in [1.54, 1.807) is 24.5 Å². The molecule has 5 nitrogen and oxygen atoms in total. The molecule has 0 saturated carbocycles. The van der Waals surface area contributed by atoms with Gasteiger partial charge in [0, 0.05) is 18.9 Å². The Labute approximate surface area is 118 Å². The van der Waals surface area contributed by atoms with Crippen molar-refractivity contribution in [2.75, 3.05) is 24.6 Å². The number of hydrogen-bond donors (Lipinski definition) is 2. The largest absolute Gasteiger partial charge is 0.397 e. The summed E-state index contributed by atoms with van der Waals surface area (Å²) in [6.07, 6.45) is 3.53. The van der Waals surface area contributed by atoms with Gasteiger partial charge < -0.3 is 11.1 Å². The average molecular weight is 270 g/mol. The number of pyridine rings is 1. The standard InChI is InChI=1S/C15H18N4O/c1-19(10-12-5-4-8-17-9-12)11-15(20)18-14-7-3-2-6-13(14)16/h2-9H,10-11,16H2,1H3,(H,18,20). The Morgan fingerprint density at radius 2 is 2.10 bits per heavy atom. The number of rotatable bonds is 5. The van der Waals surface area contributed by atoms with E-state index in [-0.39, 0.29) is 5.91 Å². The van der Waals surface area contributed by atoms with Crippen LogP contribution in [0.1, 0.15) is 5.56 Å². The number of nitrogen functional groups attached to an aromatic ring is 1. The van der Waals surface area contributed by atoms with Crippen LogP contribution in [-0.4, -0.2) is 29.4 Å². The maximum absolute atomic E-state index is 11.9. The second kappa shape index (κ2) is 6.68. The lowest BCUT2D eigenvalue weighted by Gasteiger charge is -2.16. The summed E-state index contributed by atoms with van der Waals surface area (Å²) in [5, 5.41) is 2.81. The summed E-state index contributed by atoms with van der Waals surface area (Å²) < 4.78 is 0. The van der Waals surface area contributed by atoms with Crippen LogP contribution in [-0.2, 0) is 11.3 Å². The van der Waals surface area contributed by atoms with Gasteiger partial charge in [0.2, 0.25) is 5.91 Å². The fourth-order valence-corrected chi connectivity index (χ4v) is 1.90. The van der Waals surface area contributed by atoms with Crippen molar-refractivity contribution in [3.05, 3.63) is 54.4 Å². The van der Waals surface area contributed by atoms with E-state index in [0.717, 1.165) is 5.56 Å². The van der Waals surface area contributed by atoms with Crippen molar-refractivity contribution < 1.29 is 4.79 Å². The van der Waals surface area contributed by atoms with E-state index in [4.69, 9.17) is 5.73 Å². The van der Waals surface area contributed by atoms with Crippen molar-refractivity contribution in [1.29, 1.82) is 0 Å². The van der Waals surface area contributed by atoms with Gasteiger partial charge >= 0.3 is 0 Å². The number of nitrogens with two attached hydrogens (primary N) is 1. The van der Waals surface area contributed by atoms with E-state index < -0.39 is 0 Å². The fraction of sp³-hybridized carbons (Fsp3) is 0.200. The molecule has 0 unspecified atom stereocenters. The average Bonchev–Trinajstić information content (AvgIpc) is 2.42. The Bertz CT molecular complexity index is 571. The third-order valence-electron chi connectivity index (χ3n) is 2.82. The lowest BCUT2D eigenvalue weighted by molar-refractivity contribution is -0.117. The summed E-state index contributed by atoms with van der Waals surface area (Å²) >= 11 is 0. The molecule has 0 aliphatic carbocycles. The molecule has 1 aromatic heterocycles. The van der Waals surface area contributed by atoms with Gasteiger partial charge in [-0.05, 0) is 30.8 Å².